The molecular formula is C5H12O3Si. The van der Waals surface area contributed by atoms with Gasteiger partial charge in [-0.15, -0.1) is 0 Å². The van der Waals surface area contributed by atoms with Gasteiger partial charge in [-0.3, -0.25) is 0 Å². The molecule has 1 fully saturated rings. The minimum atomic E-state index is -2.06. The Labute approximate surface area is 56.3 Å². The molecule has 0 aliphatic carbocycles. The second-order valence-electron chi connectivity index (χ2n) is 2.10. The van der Waals surface area contributed by atoms with Gasteiger partial charge in [0.1, 0.15) is 6.29 Å². The Morgan fingerprint density at radius 1 is 1.56 bits per heavy atom. The largest absolute Gasteiger partial charge is 0.501 e. The third-order valence-electron chi connectivity index (χ3n) is 1.17. The smallest absolute Gasteiger partial charge is 0.374 e. The normalized spacial score (nSPS) is 42.3. The molecule has 4 heteroatoms. The Hall–Kier alpha value is 0.0969. The van der Waals surface area contributed by atoms with Gasteiger partial charge in [0, 0.05) is 13.2 Å². The average Bonchev–Trinajstić information content (AvgIpc) is 1.62. The van der Waals surface area contributed by atoms with Crippen LogP contribution in [0.3, 0.4) is 0 Å². The van der Waals surface area contributed by atoms with Gasteiger partial charge in [-0.2, -0.15) is 0 Å². The molecule has 9 heavy (non-hydrogen) atoms. The predicted molar refractivity (Wildman–Crippen MR) is 34.9 cm³/mol. The van der Waals surface area contributed by atoms with Gasteiger partial charge in [0.2, 0.25) is 0 Å². The van der Waals surface area contributed by atoms with E-state index in [-0.39, 0.29) is 6.29 Å². The van der Waals surface area contributed by atoms with Crippen LogP contribution in [0.5, 0.6) is 0 Å². The molecule has 1 rings (SSSR count). The summed E-state index contributed by atoms with van der Waals surface area (Å²) in [5, 5.41) is 0. The monoisotopic (exact) mass is 148 g/mol. The van der Waals surface area contributed by atoms with Crippen LogP contribution in [-0.2, 0) is 13.3 Å². The van der Waals surface area contributed by atoms with Crippen LogP contribution >= 0.6 is 0 Å². The Kier molecular flexibility index (Phi) is 1.90. The highest BCUT2D eigenvalue weighted by molar-refractivity contribution is 6.60. The fourth-order valence-electron chi connectivity index (χ4n) is 0.942. The highest BCUT2D eigenvalue weighted by atomic mass is 28.4. The van der Waals surface area contributed by atoms with Gasteiger partial charge >= 0.3 is 8.80 Å². The lowest BCUT2D eigenvalue weighted by Gasteiger charge is -2.39. The minimum Gasteiger partial charge on any atom is -0.374 e. The molecule has 1 aliphatic heterocycles. The van der Waals surface area contributed by atoms with Crippen molar-refractivity contribution >= 4 is 8.80 Å². The molecule has 0 atom stereocenters. The fraction of sp³-hybridized carbons (Fsp3) is 1.00. The highest BCUT2D eigenvalue weighted by Crippen LogP contribution is 2.24. The number of hydrogen-bond acceptors (Lipinski definition) is 3. The summed E-state index contributed by atoms with van der Waals surface area (Å²) in [6, 6.07) is 0. The molecule has 1 saturated heterocycles. The van der Waals surface area contributed by atoms with Crippen molar-refractivity contribution in [3.05, 3.63) is 0 Å². The summed E-state index contributed by atoms with van der Waals surface area (Å²) in [7, 11) is -2.06. The zero-order valence-corrected chi connectivity index (χ0v) is 7.01. The quantitative estimate of drug-likeness (QED) is 0.546. The first-order valence-electron chi connectivity index (χ1n) is 3.16. The Balaban J connectivity index is 2.23. The molecule has 1 aliphatic rings. The van der Waals surface area contributed by atoms with Crippen LogP contribution in [0.2, 0.25) is 6.55 Å². The standard InChI is InChI=1S/C5H12O3Si/c1-4-6-9(3)7-5(2)8-9/h5H,4H2,1-3H3. The van der Waals surface area contributed by atoms with E-state index >= 15 is 0 Å². The summed E-state index contributed by atoms with van der Waals surface area (Å²) in [5.41, 5.74) is 0. The summed E-state index contributed by atoms with van der Waals surface area (Å²) in [6.45, 7) is 6.38. The van der Waals surface area contributed by atoms with Crippen LogP contribution in [0.15, 0.2) is 0 Å². The van der Waals surface area contributed by atoms with E-state index in [1.165, 1.54) is 0 Å². The van der Waals surface area contributed by atoms with Crippen molar-refractivity contribution in [1.29, 1.82) is 0 Å². The first-order chi connectivity index (χ1) is 4.16. The Morgan fingerprint density at radius 3 is 2.44 bits per heavy atom. The van der Waals surface area contributed by atoms with Crippen molar-refractivity contribution in [3.63, 3.8) is 0 Å². The molecule has 0 aromatic rings. The molecule has 0 spiro atoms. The lowest BCUT2D eigenvalue weighted by atomic mass is 10.8. The summed E-state index contributed by atoms with van der Waals surface area (Å²) in [4.78, 5) is 0. The van der Waals surface area contributed by atoms with Crippen LogP contribution in [0, 0.1) is 0 Å². The van der Waals surface area contributed by atoms with Gasteiger partial charge in [0.25, 0.3) is 0 Å². The molecule has 0 aromatic heterocycles. The SMILES string of the molecule is CCO[Si]1(C)OC(C)O1. The van der Waals surface area contributed by atoms with E-state index in [0.29, 0.717) is 6.61 Å². The summed E-state index contributed by atoms with van der Waals surface area (Å²) < 4.78 is 15.8. The van der Waals surface area contributed by atoms with Crippen molar-refractivity contribution in [2.45, 2.75) is 26.7 Å². The first-order valence-corrected chi connectivity index (χ1v) is 5.38. The molecule has 0 aromatic carbocycles. The lowest BCUT2D eigenvalue weighted by Crippen LogP contribution is -2.57. The summed E-state index contributed by atoms with van der Waals surface area (Å²) in [5.74, 6) is 0. The second-order valence-corrected chi connectivity index (χ2v) is 4.58. The predicted octanol–water partition coefficient (Wildman–Crippen LogP) is 0.984. The highest BCUT2D eigenvalue weighted by Gasteiger charge is 2.47. The third kappa shape index (κ3) is 1.51. The van der Waals surface area contributed by atoms with Crippen molar-refractivity contribution in [1.82, 2.24) is 0 Å². The van der Waals surface area contributed by atoms with Gasteiger partial charge < -0.3 is 13.3 Å². The molecule has 0 bridgehead atoms. The van der Waals surface area contributed by atoms with E-state index in [0.717, 1.165) is 0 Å². The maximum atomic E-state index is 5.26. The molecule has 0 saturated carbocycles. The number of rotatable bonds is 2. The number of hydrogen-bond donors (Lipinski definition) is 0. The fourth-order valence-corrected chi connectivity index (χ4v) is 2.83. The van der Waals surface area contributed by atoms with Crippen LogP contribution < -0.4 is 0 Å². The third-order valence-corrected chi connectivity index (χ3v) is 3.50. The van der Waals surface area contributed by atoms with Crippen molar-refractivity contribution in [2.24, 2.45) is 0 Å². The van der Waals surface area contributed by atoms with Crippen LogP contribution in [-0.4, -0.2) is 21.7 Å². The molecule has 3 nitrogen and oxygen atoms in total. The topological polar surface area (TPSA) is 27.7 Å². The summed E-state index contributed by atoms with van der Waals surface area (Å²) >= 11 is 0. The molecule has 0 amide bonds. The van der Waals surface area contributed by atoms with Crippen LogP contribution in [0.25, 0.3) is 0 Å². The summed E-state index contributed by atoms with van der Waals surface area (Å²) in [6.07, 6.45) is -0.0479. The molecular weight excluding hydrogens is 136 g/mol. The van der Waals surface area contributed by atoms with Gasteiger partial charge in [0.15, 0.2) is 0 Å². The van der Waals surface area contributed by atoms with Gasteiger partial charge in [-0.1, -0.05) is 0 Å². The molecule has 0 unspecified atom stereocenters. The van der Waals surface area contributed by atoms with E-state index in [1.54, 1.807) is 0 Å². The molecule has 54 valence electrons. The van der Waals surface area contributed by atoms with Crippen molar-refractivity contribution < 1.29 is 13.3 Å². The zero-order valence-electron chi connectivity index (χ0n) is 6.01. The first kappa shape index (κ1) is 7.21. The van der Waals surface area contributed by atoms with E-state index in [4.69, 9.17) is 13.3 Å². The van der Waals surface area contributed by atoms with Crippen LogP contribution in [0.1, 0.15) is 13.8 Å². The lowest BCUT2D eigenvalue weighted by molar-refractivity contribution is -0.162. The van der Waals surface area contributed by atoms with Gasteiger partial charge in [-0.25, -0.2) is 0 Å². The van der Waals surface area contributed by atoms with Gasteiger partial charge in [0.05, 0.1) is 0 Å². The molecule has 0 radical (unpaired) electrons. The Bertz CT molecular complexity index is 94.9. The van der Waals surface area contributed by atoms with E-state index in [1.807, 2.05) is 20.4 Å². The zero-order chi connectivity index (χ0) is 6.91. The van der Waals surface area contributed by atoms with Crippen molar-refractivity contribution in [2.75, 3.05) is 6.61 Å². The van der Waals surface area contributed by atoms with E-state index in [2.05, 4.69) is 0 Å². The molecule has 0 N–H and O–H groups in total. The molecule has 1 heterocycles. The van der Waals surface area contributed by atoms with E-state index in [9.17, 15) is 0 Å². The van der Waals surface area contributed by atoms with Crippen LogP contribution in [0.4, 0.5) is 0 Å². The maximum Gasteiger partial charge on any atom is 0.501 e. The average molecular weight is 148 g/mol. The van der Waals surface area contributed by atoms with Gasteiger partial charge in [-0.05, 0) is 13.8 Å². The Morgan fingerprint density at radius 2 is 2.11 bits per heavy atom. The van der Waals surface area contributed by atoms with E-state index < -0.39 is 8.80 Å². The van der Waals surface area contributed by atoms with Crippen molar-refractivity contribution in [3.8, 4) is 0 Å². The maximum absolute atomic E-state index is 5.26. The second kappa shape index (κ2) is 2.38. The minimum absolute atomic E-state index is 0.0479.